The standard InChI is InChI=1S/C22H21Cl2N3O3S/c1-12(25-14(3)28)15-4-6-16(7-5-15)20-11-31-22(26-20)27-21(29)13(2)30-17-8-9-18(23)19(24)10-17/h4-13H,1-3H3,(H,25,28)(H,26,27,29). The molecule has 2 unspecified atom stereocenters. The predicted octanol–water partition coefficient (Wildman–Crippen LogP) is 5.72. The number of amides is 2. The van der Waals surface area contributed by atoms with Crippen molar-refractivity contribution in [3.8, 4) is 17.0 Å². The van der Waals surface area contributed by atoms with Crippen molar-refractivity contribution in [1.29, 1.82) is 0 Å². The number of thiazole rings is 1. The number of carbonyl (C=O) groups excluding carboxylic acids is 2. The summed E-state index contributed by atoms with van der Waals surface area (Å²) in [6, 6.07) is 12.5. The van der Waals surface area contributed by atoms with Crippen LogP contribution in [0.4, 0.5) is 5.13 Å². The molecule has 2 aromatic carbocycles. The van der Waals surface area contributed by atoms with E-state index in [1.807, 2.05) is 36.6 Å². The monoisotopic (exact) mass is 477 g/mol. The predicted molar refractivity (Wildman–Crippen MR) is 125 cm³/mol. The zero-order chi connectivity index (χ0) is 22.5. The largest absolute Gasteiger partial charge is 0.481 e. The van der Waals surface area contributed by atoms with Crippen LogP contribution < -0.4 is 15.4 Å². The highest BCUT2D eigenvalue weighted by Gasteiger charge is 2.17. The minimum Gasteiger partial charge on any atom is -0.481 e. The Balaban J connectivity index is 1.61. The maximum Gasteiger partial charge on any atom is 0.266 e. The molecule has 3 aromatic rings. The highest BCUT2D eigenvalue weighted by molar-refractivity contribution is 7.14. The Hall–Kier alpha value is -2.61. The molecule has 162 valence electrons. The van der Waals surface area contributed by atoms with Gasteiger partial charge in [-0.2, -0.15) is 0 Å². The molecule has 0 aliphatic carbocycles. The summed E-state index contributed by atoms with van der Waals surface area (Å²) in [6.07, 6.45) is -0.751. The van der Waals surface area contributed by atoms with E-state index in [9.17, 15) is 9.59 Å². The summed E-state index contributed by atoms with van der Waals surface area (Å²) in [5.41, 5.74) is 2.66. The zero-order valence-electron chi connectivity index (χ0n) is 17.1. The van der Waals surface area contributed by atoms with Gasteiger partial charge in [-0.3, -0.25) is 14.9 Å². The molecule has 6 nitrogen and oxygen atoms in total. The molecule has 31 heavy (non-hydrogen) atoms. The van der Waals surface area contributed by atoms with Crippen molar-refractivity contribution < 1.29 is 14.3 Å². The molecule has 0 aliphatic heterocycles. The highest BCUT2D eigenvalue weighted by Crippen LogP contribution is 2.28. The number of anilines is 1. The average Bonchev–Trinajstić information content (AvgIpc) is 3.18. The van der Waals surface area contributed by atoms with Gasteiger partial charge in [-0.1, -0.05) is 47.5 Å². The van der Waals surface area contributed by atoms with E-state index in [4.69, 9.17) is 27.9 Å². The van der Waals surface area contributed by atoms with Crippen LogP contribution in [0, 0.1) is 0 Å². The minimum absolute atomic E-state index is 0.0751. The molecule has 1 heterocycles. The summed E-state index contributed by atoms with van der Waals surface area (Å²) in [5.74, 6) is 0.0470. The van der Waals surface area contributed by atoms with Crippen LogP contribution in [-0.2, 0) is 9.59 Å². The van der Waals surface area contributed by atoms with Crippen LogP contribution in [0.15, 0.2) is 47.8 Å². The Morgan fingerprint density at radius 3 is 2.42 bits per heavy atom. The molecule has 0 bridgehead atoms. The van der Waals surface area contributed by atoms with Crippen molar-refractivity contribution in [3.63, 3.8) is 0 Å². The van der Waals surface area contributed by atoms with Crippen LogP contribution in [0.1, 0.15) is 32.4 Å². The van der Waals surface area contributed by atoms with E-state index < -0.39 is 6.10 Å². The quantitative estimate of drug-likeness (QED) is 0.455. The van der Waals surface area contributed by atoms with Crippen LogP contribution in [0.2, 0.25) is 10.0 Å². The first-order valence-electron chi connectivity index (χ1n) is 9.48. The van der Waals surface area contributed by atoms with Crippen LogP contribution in [0.5, 0.6) is 5.75 Å². The van der Waals surface area contributed by atoms with Crippen molar-refractivity contribution in [3.05, 3.63) is 63.5 Å². The molecular formula is C22H21Cl2N3O3S. The number of ether oxygens (including phenoxy) is 1. The van der Waals surface area contributed by atoms with E-state index in [0.717, 1.165) is 16.8 Å². The van der Waals surface area contributed by atoms with E-state index >= 15 is 0 Å². The molecule has 0 spiro atoms. The van der Waals surface area contributed by atoms with Crippen molar-refractivity contribution in [1.82, 2.24) is 10.3 Å². The molecule has 0 radical (unpaired) electrons. The number of carbonyl (C=O) groups is 2. The molecule has 2 amide bonds. The zero-order valence-corrected chi connectivity index (χ0v) is 19.4. The first-order valence-corrected chi connectivity index (χ1v) is 11.1. The van der Waals surface area contributed by atoms with Crippen molar-refractivity contribution in [2.24, 2.45) is 0 Å². The highest BCUT2D eigenvalue weighted by atomic mass is 35.5. The number of nitrogens with one attached hydrogen (secondary N) is 2. The molecular weight excluding hydrogens is 457 g/mol. The van der Waals surface area contributed by atoms with Crippen LogP contribution in [0.3, 0.4) is 0 Å². The normalized spacial score (nSPS) is 12.7. The van der Waals surface area contributed by atoms with Crippen molar-refractivity contribution >= 4 is 51.5 Å². The van der Waals surface area contributed by atoms with Gasteiger partial charge in [0.15, 0.2) is 11.2 Å². The molecule has 9 heteroatoms. The van der Waals surface area contributed by atoms with Gasteiger partial charge in [-0.25, -0.2) is 4.98 Å². The molecule has 2 N–H and O–H groups in total. The second-order valence-electron chi connectivity index (χ2n) is 6.91. The van der Waals surface area contributed by atoms with E-state index in [1.165, 1.54) is 18.3 Å². The summed E-state index contributed by atoms with van der Waals surface area (Å²) >= 11 is 13.2. The van der Waals surface area contributed by atoms with Crippen molar-refractivity contribution in [2.45, 2.75) is 32.9 Å². The van der Waals surface area contributed by atoms with E-state index in [-0.39, 0.29) is 17.9 Å². The molecule has 2 atom stereocenters. The fraction of sp³-hybridized carbons (Fsp3) is 0.227. The number of benzene rings is 2. The Morgan fingerprint density at radius 2 is 1.77 bits per heavy atom. The number of hydrogen-bond acceptors (Lipinski definition) is 5. The third kappa shape index (κ3) is 6.19. The Morgan fingerprint density at radius 1 is 1.06 bits per heavy atom. The summed E-state index contributed by atoms with van der Waals surface area (Å²) < 4.78 is 5.63. The molecule has 0 saturated carbocycles. The van der Waals surface area contributed by atoms with E-state index in [0.29, 0.717) is 20.9 Å². The average molecular weight is 478 g/mol. The van der Waals surface area contributed by atoms with Gasteiger partial charge in [0, 0.05) is 23.9 Å². The topological polar surface area (TPSA) is 80.3 Å². The minimum atomic E-state index is -0.751. The SMILES string of the molecule is CC(=O)NC(C)c1ccc(-c2csc(NC(=O)C(C)Oc3ccc(Cl)c(Cl)c3)n2)cc1. The smallest absolute Gasteiger partial charge is 0.266 e. The fourth-order valence-corrected chi connectivity index (χ4v) is 3.82. The van der Waals surface area contributed by atoms with Crippen LogP contribution in [-0.4, -0.2) is 22.9 Å². The van der Waals surface area contributed by atoms with E-state index in [2.05, 4.69) is 15.6 Å². The summed E-state index contributed by atoms with van der Waals surface area (Å²) in [4.78, 5) is 28.2. The van der Waals surface area contributed by atoms with Crippen molar-refractivity contribution in [2.75, 3.05) is 5.32 Å². The van der Waals surface area contributed by atoms with Gasteiger partial charge in [-0.15, -0.1) is 11.3 Å². The Kier molecular flexibility index (Phi) is 7.54. The van der Waals surface area contributed by atoms with Crippen LogP contribution in [0.25, 0.3) is 11.3 Å². The van der Waals surface area contributed by atoms with E-state index in [1.54, 1.807) is 25.1 Å². The lowest BCUT2D eigenvalue weighted by Gasteiger charge is -2.14. The molecule has 0 aliphatic rings. The number of halogens is 2. The van der Waals surface area contributed by atoms with Gasteiger partial charge < -0.3 is 10.1 Å². The lowest BCUT2D eigenvalue weighted by molar-refractivity contribution is -0.122. The first-order chi connectivity index (χ1) is 14.7. The third-order valence-corrected chi connectivity index (χ3v) is 5.93. The first kappa shape index (κ1) is 23.1. The Labute approximate surface area is 194 Å². The number of hydrogen-bond donors (Lipinski definition) is 2. The van der Waals surface area contributed by atoms with Gasteiger partial charge in [0.25, 0.3) is 5.91 Å². The summed E-state index contributed by atoms with van der Waals surface area (Å²) in [6.45, 7) is 5.06. The fourth-order valence-electron chi connectivity index (χ4n) is 2.81. The second-order valence-corrected chi connectivity index (χ2v) is 8.58. The summed E-state index contributed by atoms with van der Waals surface area (Å²) in [5, 5.41) is 8.73. The van der Waals surface area contributed by atoms with Gasteiger partial charge >= 0.3 is 0 Å². The van der Waals surface area contributed by atoms with Gasteiger partial charge in [0.2, 0.25) is 5.91 Å². The molecule has 3 rings (SSSR count). The van der Waals surface area contributed by atoms with Crippen LogP contribution >= 0.6 is 34.5 Å². The third-order valence-electron chi connectivity index (χ3n) is 4.43. The molecule has 0 fully saturated rings. The Bertz CT molecular complexity index is 1090. The number of nitrogens with zero attached hydrogens (tertiary/aromatic N) is 1. The number of rotatable bonds is 7. The maximum absolute atomic E-state index is 12.5. The second kappa shape index (κ2) is 10.1. The summed E-state index contributed by atoms with van der Waals surface area (Å²) in [7, 11) is 0. The van der Waals surface area contributed by atoms with Gasteiger partial charge in [0.05, 0.1) is 21.8 Å². The lowest BCUT2D eigenvalue weighted by atomic mass is 10.1. The number of aromatic nitrogens is 1. The lowest BCUT2D eigenvalue weighted by Crippen LogP contribution is -2.30. The maximum atomic E-state index is 12.5. The molecule has 0 saturated heterocycles. The van der Waals surface area contributed by atoms with Gasteiger partial charge in [-0.05, 0) is 31.5 Å². The molecule has 1 aromatic heterocycles. The van der Waals surface area contributed by atoms with Gasteiger partial charge in [0.1, 0.15) is 5.75 Å².